The zero-order valence-electron chi connectivity index (χ0n) is 30.2. The highest BCUT2D eigenvalue weighted by Gasteiger charge is 2.37. The molecule has 2 aliphatic rings. The Bertz CT molecular complexity index is 1980. The van der Waals surface area contributed by atoms with Crippen LogP contribution in [0.15, 0.2) is 54.7 Å². The van der Waals surface area contributed by atoms with Gasteiger partial charge in [-0.3, -0.25) is 29.1 Å². The van der Waals surface area contributed by atoms with Gasteiger partial charge in [-0.25, -0.2) is 9.48 Å². The molecule has 2 saturated heterocycles. The second-order valence-corrected chi connectivity index (χ2v) is 14.1. The van der Waals surface area contributed by atoms with E-state index in [0.717, 1.165) is 26.1 Å². The molecule has 0 radical (unpaired) electrons. The monoisotopic (exact) mass is 727 g/mol. The van der Waals surface area contributed by atoms with Crippen molar-refractivity contribution in [2.45, 2.75) is 58.3 Å². The molecule has 16 nitrogen and oxygen atoms in total. The third kappa shape index (κ3) is 9.24. The van der Waals surface area contributed by atoms with Crippen LogP contribution in [0.5, 0.6) is 5.75 Å². The van der Waals surface area contributed by atoms with Gasteiger partial charge >= 0.3 is 6.09 Å². The first-order valence-electron chi connectivity index (χ1n) is 17.9. The van der Waals surface area contributed by atoms with Gasteiger partial charge in [0.05, 0.1) is 29.7 Å². The summed E-state index contributed by atoms with van der Waals surface area (Å²) in [5, 5.41) is 13.9. The Labute approximate surface area is 306 Å². The molecule has 4 heterocycles. The van der Waals surface area contributed by atoms with Crippen LogP contribution in [0.25, 0.3) is 21.9 Å². The van der Waals surface area contributed by atoms with Gasteiger partial charge in [0, 0.05) is 50.9 Å². The number of ether oxygens (including phenoxy) is 2. The van der Waals surface area contributed by atoms with Gasteiger partial charge in [-0.05, 0) is 76.4 Å². The van der Waals surface area contributed by atoms with Crippen molar-refractivity contribution < 1.29 is 33.4 Å². The number of pyridine rings is 1. The SMILES string of the molecule is CC(C)(C)OC(=O)N1CCN(CCCOc2ccc3nccc(C(=O)NCC(=O)N4CCC[C@H]4C(=O)C(=O)NCn4nnc5ccccc54)c3c2)CC1. The lowest BCUT2D eigenvalue weighted by Gasteiger charge is -2.35. The fourth-order valence-corrected chi connectivity index (χ4v) is 6.48. The van der Waals surface area contributed by atoms with Crippen molar-refractivity contribution in [1.82, 2.24) is 45.3 Å². The van der Waals surface area contributed by atoms with E-state index in [1.165, 1.54) is 15.8 Å². The van der Waals surface area contributed by atoms with Gasteiger partial charge < -0.3 is 29.9 Å². The van der Waals surface area contributed by atoms with Crippen molar-refractivity contribution in [1.29, 1.82) is 0 Å². The summed E-state index contributed by atoms with van der Waals surface area (Å²) in [5.74, 6) is -1.90. The highest BCUT2D eigenvalue weighted by molar-refractivity contribution is 6.38. The lowest BCUT2D eigenvalue weighted by molar-refractivity contribution is -0.144. The predicted octanol–water partition coefficient (Wildman–Crippen LogP) is 2.36. The molecule has 16 heteroatoms. The van der Waals surface area contributed by atoms with Crippen LogP contribution in [-0.4, -0.2) is 128 Å². The molecule has 2 fully saturated rings. The van der Waals surface area contributed by atoms with Crippen molar-refractivity contribution >= 4 is 51.5 Å². The van der Waals surface area contributed by atoms with E-state index in [0.29, 0.717) is 72.3 Å². The standard InChI is InChI=1S/C37H45N9O7/c1-37(2,3)53-36(51)44-19-17-43(18-20-44)15-7-21-52-25-11-12-28-27(22-25)26(13-14-38-28)34(49)39-23-32(47)45-16-6-10-31(45)33(48)35(50)40-24-46-30-9-5-4-8-29(30)41-42-46/h4-5,8-9,11-14,22,31H,6-7,10,15-21,23-24H2,1-3H3,(H,39,49)(H,40,50)/t31-/m0/s1. The molecule has 280 valence electrons. The van der Waals surface area contributed by atoms with Crippen LogP contribution >= 0.6 is 0 Å². The number of hydrogen-bond donors (Lipinski definition) is 2. The van der Waals surface area contributed by atoms with Crippen molar-refractivity contribution in [3.8, 4) is 5.75 Å². The number of nitrogens with one attached hydrogen (secondary N) is 2. The smallest absolute Gasteiger partial charge is 0.410 e. The summed E-state index contributed by atoms with van der Waals surface area (Å²) < 4.78 is 13.0. The lowest BCUT2D eigenvalue weighted by Crippen LogP contribution is -2.50. The van der Waals surface area contributed by atoms with E-state index in [2.05, 4.69) is 30.8 Å². The Morgan fingerprint density at radius 3 is 2.51 bits per heavy atom. The van der Waals surface area contributed by atoms with Crippen LogP contribution in [0.3, 0.4) is 0 Å². The van der Waals surface area contributed by atoms with E-state index in [9.17, 15) is 24.0 Å². The molecule has 4 amide bonds. The van der Waals surface area contributed by atoms with Gasteiger partial charge in [0.1, 0.15) is 29.6 Å². The predicted molar refractivity (Wildman–Crippen MR) is 194 cm³/mol. The van der Waals surface area contributed by atoms with Crippen LogP contribution in [0.1, 0.15) is 50.4 Å². The fraction of sp³-hybridized carbons (Fsp3) is 0.459. The lowest BCUT2D eigenvalue weighted by atomic mass is 10.1. The van der Waals surface area contributed by atoms with E-state index >= 15 is 0 Å². The topological polar surface area (TPSA) is 181 Å². The molecule has 2 N–H and O–H groups in total. The van der Waals surface area contributed by atoms with Gasteiger partial charge in [0.15, 0.2) is 0 Å². The molecular weight excluding hydrogens is 682 g/mol. The summed E-state index contributed by atoms with van der Waals surface area (Å²) in [4.78, 5) is 74.5. The molecule has 0 bridgehead atoms. The molecule has 0 saturated carbocycles. The molecule has 0 spiro atoms. The van der Waals surface area contributed by atoms with Gasteiger partial charge in [-0.2, -0.15) is 0 Å². The molecular formula is C37H45N9O7. The van der Waals surface area contributed by atoms with E-state index in [1.807, 2.05) is 32.9 Å². The fourth-order valence-electron chi connectivity index (χ4n) is 6.48. The largest absolute Gasteiger partial charge is 0.494 e. The minimum atomic E-state index is -0.921. The van der Waals surface area contributed by atoms with Crippen molar-refractivity contribution in [2.24, 2.45) is 0 Å². The number of fused-ring (bicyclic) bond motifs is 2. The number of aromatic nitrogens is 4. The number of hydrogen-bond acceptors (Lipinski definition) is 11. The normalized spacial score (nSPS) is 16.5. The van der Waals surface area contributed by atoms with Crippen LogP contribution in [0, 0.1) is 0 Å². The first-order valence-corrected chi connectivity index (χ1v) is 17.9. The van der Waals surface area contributed by atoms with E-state index < -0.39 is 35.1 Å². The molecule has 2 aromatic carbocycles. The summed E-state index contributed by atoms with van der Waals surface area (Å²) in [5.41, 5.74) is 1.76. The highest BCUT2D eigenvalue weighted by atomic mass is 16.6. The maximum absolute atomic E-state index is 13.3. The number of amides is 4. The van der Waals surface area contributed by atoms with Crippen molar-refractivity contribution in [2.75, 3.05) is 52.4 Å². The Hall–Kier alpha value is -5.64. The van der Waals surface area contributed by atoms with Crippen LogP contribution in [0.2, 0.25) is 0 Å². The van der Waals surface area contributed by atoms with Crippen LogP contribution < -0.4 is 15.4 Å². The summed E-state index contributed by atoms with van der Waals surface area (Å²) in [6, 6.07) is 13.2. The quantitative estimate of drug-likeness (QED) is 0.162. The van der Waals surface area contributed by atoms with Gasteiger partial charge in [-0.15, -0.1) is 5.10 Å². The Morgan fingerprint density at radius 1 is 0.925 bits per heavy atom. The number of benzene rings is 2. The number of likely N-dealkylation sites (tertiary alicyclic amines) is 1. The zero-order chi connectivity index (χ0) is 37.5. The highest BCUT2D eigenvalue weighted by Crippen LogP contribution is 2.24. The van der Waals surface area contributed by atoms with Crippen molar-refractivity contribution in [3.63, 3.8) is 0 Å². The molecule has 0 unspecified atom stereocenters. The Balaban J connectivity index is 0.969. The van der Waals surface area contributed by atoms with Gasteiger partial charge in [0.25, 0.3) is 11.8 Å². The molecule has 0 aliphatic carbocycles. The number of Topliss-reactive ketones (excluding diaryl/α,β-unsaturated/α-hetero) is 1. The molecule has 1 atom stereocenters. The second kappa shape index (κ2) is 16.4. The van der Waals surface area contributed by atoms with E-state index in [4.69, 9.17) is 9.47 Å². The zero-order valence-corrected chi connectivity index (χ0v) is 30.2. The number of ketones is 1. The van der Waals surface area contributed by atoms with Gasteiger partial charge in [-0.1, -0.05) is 17.3 Å². The summed E-state index contributed by atoms with van der Waals surface area (Å²) in [6.07, 6.45) is 2.92. The molecule has 2 aliphatic heterocycles. The number of carbonyl (C=O) groups excluding carboxylic acids is 5. The van der Waals surface area contributed by atoms with Crippen LogP contribution in [0.4, 0.5) is 4.79 Å². The van der Waals surface area contributed by atoms with Crippen LogP contribution in [-0.2, 0) is 25.8 Å². The number of para-hydroxylation sites is 1. The maximum atomic E-state index is 13.3. The number of nitrogens with zero attached hydrogens (tertiary/aromatic N) is 7. The molecule has 6 rings (SSSR count). The minimum Gasteiger partial charge on any atom is -0.494 e. The van der Waals surface area contributed by atoms with E-state index in [1.54, 1.807) is 41.3 Å². The van der Waals surface area contributed by atoms with Gasteiger partial charge in [0.2, 0.25) is 11.7 Å². The third-order valence-corrected chi connectivity index (χ3v) is 9.18. The number of rotatable bonds is 12. The molecule has 4 aromatic rings. The molecule has 53 heavy (non-hydrogen) atoms. The summed E-state index contributed by atoms with van der Waals surface area (Å²) >= 11 is 0. The first-order chi connectivity index (χ1) is 25.5. The van der Waals surface area contributed by atoms with Crippen molar-refractivity contribution in [3.05, 3.63) is 60.3 Å². The first kappa shape index (κ1) is 37.1. The minimum absolute atomic E-state index is 0.0509. The Morgan fingerprint density at radius 2 is 1.72 bits per heavy atom. The third-order valence-electron chi connectivity index (χ3n) is 9.18. The second-order valence-electron chi connectivity index (χ2n) is 14.1. The summed E-state index contributed by atoms with van der Waals surface area (Å²) in [7, 11) is 0. The average molecular weight is 728 g/mol. The summed E-state index contributed by atoms with van der Waals surface area (Å²) in [6.45, 7) is 9.49. The molecule has 2 aromatic heterocycles. The number of piperazine rings is 1. The van der Waals surface area contributed by atoms with E-state index in [-0.39, 0.29) is 19.3 Å². The number of carbonyl (C=O) groups is 5. The Kier molecular flexibility index (Phi) is 11.5. The maximum Gasteiger partial charge on any atom is 0.410 e. The average Bonchev–Trinajstić information content (AvgIpc) is 3.81.